The summed E-state index contributed by atoms with van der Waals surface area (Å²) in [6.07, 6.45) is 1.82. The molecule has 2 amide bonds. The van der Waals surface area contributed by atoms with E-state index in [0.717, 1.165) is 24.1 Å². The van der Waals surface area contributed by atoms with Gasteiger partial charge in [-0.1, -0.05) is 32.0 Å². The van der Waals surface area contributed by atoms with Gasteiger partial charge in [0, 0.05) is 23.8 Å². The van der Waals surface area contributed by atoms with Crippen LogP contribution in [-0.4, -0.2) is 18.4 Å². The quantitative estimate of drug-likeness (QED) is 0.918. The highest BCUT2D eigenvalue weighted by molar-refractivity contribution is 6.05. The maximum absolute atomic E-state index is 13.8. The van der Waals surface area contributed by atoms with E-state index in [2.05, 4.69) is 5.32 Å². The van der Waals surface area contributed by atoms with Crippen molar-refractivity contribution in [3.8, 4) is 0 Å². The van der Waals surface area contributed by atoms with E-state index in [4.69, 9.17) is 0 Å². The number of amides is 2. The fourth-order valence-electron chi connectivity index (χ4n) is 3.04. The summed E-state index contributed by atoms with van der Waals surface area (Å²) in [6, 6.07) is 11.4. The molecule has 1 N–H and O–H groups in total. The first kappa shape index (κ1) is 17.1. The number of carbonyl (C=O) groups is 2. The van der Waals surface area contributed by atoms with Gasteiger partial charge in [0.15, 0.2) is 0 Å². The van der Waals surface area contributed by atoms with Crippen LogP contribution in [0.3, 0.4) is 0 Å². The third-order valence-electron chi connectivity index (χ3n) is 4.34. The predicted molar refractivity (Wildman–Crippen MR) is 96.3 cm³/mol. The van der Waals surface area contributed by atoms with E-state index < -0.39 is 11.7 Å². The molecule has 1 aliphatic heterocycles. The number of rotatable bonds is 3. The highest BCUT2D eigenvalue weighted by atomic mass is 19.1. The van der Waals surface area contributed by atoms with Crippen LogP contribution in [0.2, 0.25) is 0 Å². The first-order chi connectivity index (χ1) is 12.0. The summed E-state index contributed by atoms with van der Waals surface area (Å²) < 4.78 is 13.8. The lowest BCUT2D eigenvalue weighted by molar-refractivity contribution is -0.121. The van der Waals surface area contributed by atoms with Crippen molar-refractivity contribution in [2.45, 2.75) is 26.7 Å². The molecule has 0 fully saturated rings. The Morgan fingerprint density at radius 2 is 1.92 bits per heavy atom. The zero-order valence-corrected chi connectivity index (χ0v) is 14.4. The zero-order valence-electron chi connectivity index (χ0n) is 14.4. The normalized spacial score (nSPS) is 13.5. The first-order valence-electron chi connectivity index (χ1n) is 8.47. The molecule has 0 aliphatic carbocycles. The average Bonchev–Trinajstić information content (AvgIpc) is 2.60. The number of benzene rings is 2. The third-order valence-corrected chi connectivity index (χ3v) is 4.34. The monoisotopic (exact) mass is 340 g/mol. The van der Waals surface area contributed by atoms with Crippen LogP contribution in [0, 0.1) is 11.7 Å². The van der Waals surface area contributed by atoms with E-state index in [1.807, 2.05) is 19.9 Å². The van der Waals surface area contributed by atoms with Crippen molar-refractivity contribution in [3.05, 3.63) is 59.4 Å². The van der Waals surface area contributed by atoms with Gasteiger partial charge < -0.3 is 10.2 Å². The fourth-order valence-corrected chi connectivity index (χ4v) is 3.04. The van der Waals surface area contributed by atoms with Crippen LogP contribution in [0.15, 0.2) is 42.5 Å². The lowest BCUT2D eigenvalue weighted by atomic mass is 9.99. The molecular weight excluding hydrogens is 319 g/mol. The molecule has 130 valence electrons. The van der Waals surface area contributed by atoms with Crippen molar-refractivity contribution < 1.29 is 14.0 Å². The van der Waals surface area contributed by atoms with Gasteiger partial charge in [-0.25, -0.2) is 4.39 Å². The highest BCUT2D eigenvalue weighted by Crippen LogP contribution is 2.31. The molecule has 0 saturated carbocycles. The number of nitrogens with one attached hydrogen (secondary N) is 1. The Kier molecular flexibility index (Phi) is 4.83. The lowest BCUT2D eigenvalue weighted by Gasteiger charge is -2.31. The van der Waals surface area contributed by atoms with Gasteiger partial charge in [-0.15, -0.1) is 0 Å². The minimum atomic E-state index is -0.561. The van der Waals surface area contributed by atoms with Crippen molar-refractivity contribution in [2.75, 3.05) is 16.8 Å². The number of fused-ring (bicyclic) bond motifs is 1. The summed E-state index contributed by atoms with van der Waals surface area (Å²) in [4.78, 5) is 26.5. The molecule has 2 aromatic carbocycles. The molecule has 0 bridgehead atoms. The molecule has 0 atom stereocenters. The van der Waals surface area contributed by atoms with Gasteiger partial charge in [-0.05, 0) is 42.7 Å². The number of hydrogen-bond acceptors (Lipinski definition) is 2. The summed E-state index contributed by atoms with van der Waals surface area (Å²) in [6.45, 7) is 4.43. The molecule has 0 unspecified atom stereocenters. The summed E-state index contributed by atoms with van der Waals surface area (Å²) in [5, 5.41) is 2.72. The van der Waals surface area contributed by atoms with Crippen molar-refractivity contribution in [2.24, 2.45) is 5.92 Å². The minimum Gasteiger partial charge on any atom is -0.322 e. The highest BCUT2D eigenvalue weighted by Gasteiger charge is 2.25. The first-order valence-corrected chi connectivity index (χ1v) is 8.47. The molecule has 0 spiro atoms. The Balaban J connectivity index is 1.87. The molecule has 5 heteroatoms. The van der Waals surface area contributed by atoms with E-state index in [0.29, 0.717) is 12.2 Å². The Morgan fingerprint density at radius 1 is 1.16 bits per heavy atom. The Hall–Kier alpha value is -2.69. The second-order valence-electron chi connectivity index (χ2n) is 6.53. The second kappa shape index (κ2) is 7.05. The fraction of sp³-hybridized carbons (Fsp3) is 0.300. The van der Waals surface area contributed by atoms with Crippen LogP contribution in [-0.2, 0) is 11.2 Å². The van der Waals surface area contributed by atoms with E-state index in [9.17, 15) is 14.0 Å². The number of hydrogen-bond donors (Lipinski definition) is 1. The van der Waals surface area contributed by atoms with Crippen LogP contribution in [0.25, 0.3) is 0 Å². The number of halogens is 1. The van der Waals surface area contributed by atoms with Gasteiger partial charge in [0.05, 0.1) is 5.56 Å². The van der Waals surface area contributed by atoms with Gasteiger partial charge >= 0.3 is 0 Å². The van der Waals surface area contributed by atoms with E-state index >= 15 is 0 Å². The Labute approximate surface area is 146 Å². The van der Waals surface area contributed by atoms with Crippen LogP contribution in [0.4, 0.5) is 15.8 Å². The zero-order chi connectivity index (χ0) is 18.0. The van der Waals surface area contributed by atoms with E-state index in [1.54, 1.807) is 29.2 Å². The van der Waals surface area contributed by atoms with Gasteiger partial charge in [0.25, 0.3) is 5.91 Å². The predicted octanol–water partition coefficient (Wildman–Crippen LogP) is 4.01. The minimum absolute atomic E-state index is 0.00432. The molecule has 0 saturated heterocycles. The van der Waals surface area contributed by atoms with Crippen molar-refractivity contribution >= 4 is 23.2 Å². The SMILES string of the molecule is CC(C)C(=O)N1CCCc2ccc(NC(=O)c3ccccc3F)cc21. The molecule has 4 nitrogen and oxygen atoms in total. The number of aryl methyl sites for hydroxylation is 1. The molecule has 25 heavy (non-hydrogen) atoms. The van der Waals surface area contributed by atoms with Gasteiger partial charge in [0.1, 0.15) is 5.82 Å². The number of nitrogens with zero attached hydrogens (tertiary/aromatic N) is 1. The standard InChI is InChI=1S/C20H21FN2O2/c1-13(2)20(25)23-11-5-6-14-9-10-15(12-18(14)23)22-19(24)16-7-3-4-8-17(16)21/h3-4,7-10,12-13H,5-6,11H2,1-2H3,(H,22,24). The number of carbonyl (C=O) groups excluding carboxylic acids is 2. The van der Waals surface area contributed by atoms with Crippen LogP contribution < -0.4 is 10.2 Å². The lowest BCUT2D eigenvalue weighted by Crippen LogP contribution is -2.38. The average molecular weight is 340 g/mol. The molecule has 2 aromatic rings. The van der Waals surface area contributed by atoms with Crippen molar-refractivity contribution in [1.29, 1.82) is 0 Å². The van der Waals surface area contributed by atoms with Crippen LogP contribution in [0.1, 0.15) is 36.2 Å². The molecule has 0 radical (unpaired) electrons. The maximum Gasteiger partial charge on any atom is 0.258 e. The molecule has 3 rings (SSSR count). The van der Waals surface area contributed by atoms with Gasteiger partial charge in [0.2, 0.25) is 5.91 Å². The molecule has 0 aromatic heterocycles. The second-order valence-corrected chi connectivity index (χ2v) is 6.53. The number of anilines is 2. The third kappa shape index (κ3) is 3.55. The van der Waals surface area contributed by atoms with Gasteiger partial charge in [-0.2, -0.15) is 0 Å². The summed E-state index contributed by atoms with van der Waals surface area (Å²) in [5.41, 5.74) is 2.46. The summed E-state index contributed by atoms with van der Waals surface area (Å²) in [7, 11) is 0. The smallest absolute Gasteiger partial charge is 0.258 e. The van der Waals surface area contributed by atoms with E-state index in [1.165, 1.54) is 12.1 Å². The Bertz CT molecular complexity index is 817. The van der Waals surface area contributed by atoms with Gasteiger partial charge in [-0.3, -0.25) is 9.59 Å². The maximum atomic E-state index is 13.8. The molecular formula is C20H21FN2O2. The molecule has 1 heterocycles. The summed E-state index contributed by atoms with van der Waals surface area (Å²) in [5.74, 6) is -1.09. The van der Waals surface area contributed by atoms with Crippen molar-refractivity contribution in [3.63, 3.8) is 0 Å². The largest absolute Gasteiger partial charge is 0.322 e. The van der Waals surface area contributed by atoms with Crippen molar-refractivity contribution in [1.82, 2.24) is 0 Å². The topological polar surface area (TPSA) is 49.4 Å². The van der Waals surface area contributed by atoms with Crippen LogP contribution >= 0.6 is 0 Å². The molecule has 1 aliphatic rings. The van der Waals surface area contributed by atoms with E-state index in [-0.39, 0.29) is 17.4 Å². The Morgan fingerprint density at radius 3 is 2.64 bits per heavy atom. The van der Waals surface area contributed by atoms with Crippen LogP contribution in [0.5, 0.6) is 0 Å². The summed E-state index contributed by atoms with van der Waals surface area (Å²) >= 11 is 0.